The molecule has 10 heavy (non-hydrogen) atoms. The van der Waals surface area contributed by atoms with E-state index in [0.717, 1.165) is 0 Å². The Kier molecular flexibility index (Phi) is 3.49. The summed E-state index contributed by atoms with van der Waals surface area (Å²) in [6.45, 7) is 1.27. The second-order valence-corrected chi connectivity index (χ2v) is 4.12. The number of carbonyl (C=O) groups excluding carboxylic acids is 1. The standard InChI is InChI=1S/C5H9FO3S/c1-5(7)2-3-10(8,9)4-6/h2-4H2,1H3. The van der Waals surface area contributed by atoms with Crippen LogP contribution in [0.1, 0.15) is 13.3 Å². The molecule has 5 heteroatoms. The topological polar surface area (TPSA) is 51.2 Å². The van der Waals surface area contributed by atoms with Crippen LogP contribution in [0.4, 0.5) is 4.39 Å². The van der Waals surface area contributed by atoms with Crippen molar-refractivity contribution in [1.29, 1.82) is 0 Å². The molecule has 0 unspecified atom stereocenters. The van der Waals surface area contributed by atoms with Crippen molar-refractivity contribution in [3.8, 4) is 0 Å². The maximum atomic E-state index is 11.5. The number of hydrogen-bond donors (Lipinski definition) is 0. The van der Waals surface area contributed by atoms with Crippen LogP contribution in [-0.4, -0.2) is 26.0 Å². The van der Waals surface area contributed by atoms with Gasteiger partial charge in [-0.2, -0.15) is 0 Å². The highest BCUT2D eigenvalue weighted by Gasteiger charge is 2.09. The molecule has 3 nitrogen and oxygen atoms in total. The summed E-state index contributed by atoms with van der Waals surface area (Å²) in [6, 6.07) is -1.37. The number of halogens is 1. The Balaban J connectivity index is 3.81. The van der Waals surface area contributed by atoms with Gasteiger partial charge in [0.25, 0.3) is 0 Å². The molecule has 0 aliphatic rings. The lowest BCUT2D eigenvalue weighted by molar-refractivity contribution is -0.116. The average Bonchev–Trinajstić information content (AvgIpc) is 1.85. The van der Waals surface area contributed by atoms with Crippen molar-refractivity contribution in [1.82, 2.24) is 0 Å². The molecule has 0 N–H and O–H groups in total. The van der Waals surface area contributed by atoms with E-state index in [1.54, 1.807) is 0 Å². The van der Waals surface area contributed by atoms with Crippen molar-refractivity contribution < 1.29 is 17.6 Å². The fourth-order valence-electron chi connectivity index (χ4n) is 0.354. The monoisotopic (exact) mass is 168 g/mol. The van der Waals surface area contributed by atoms with Crippen molar-refractivity contribution in [3.63, 3.8) is 0 Å². The average molecular weight is 168 g/mol. The Morgan fingerprint density at radius 3 is 2.30 bits per heavy atom. The van der Waals surface area contributed by atoms with Crippen LogP contribution in [0.2, 0.25) is 0 Å². The van der Waals surface area contributed by atoms with E-state index in [4.69, 9.17) is 0 Å². The van der Waals surface area contributed by atoms with E-state index >= 15 is 0 Å². The van der Waals surface area contributed by atoms with Crippen LogP contribution in [0.15, 0.2) is 0 Å². The fraction of sp³-hybridized carbons (Fsp3) is 0.800. The van der Waals surface area contributed by atoms with Crippen molar-refractivity contribution in [2.75, 3.05) is 11.8 Å². The third-order valence-corrected chi connectivity index (χ3v) is 2.09. The lowest BCUT2D eigenvalue weighted by Crippen LogP contribution is -2.10. The Hall–Kier alpha value is -0.450. The Morgan fingerprint density at radius 2 is 2.00 bits per heavy atom. The van der Waals surface area contributed by atoms with Crippen LogP contribution in [0.3, 0.4) is 0 Å². The van der Waals surface area contributed by atoms with E-state index in [9.17, 15) is 17.6 Å². The molecule has 0 spiro atoms. The maximum Gasteiger partial charge on any atom is 0.190 e. The molecule has 0 aromatic heterocycles. The van der Waals surface area contributed by atoms with Crippen molar-refractivity contribution >= 4 is 15.6 Å². The van der Waals surface area contributed by atoms with Gasteiger partial charge in [0, 0.05) is 6.42 Å². The second-order valence-electron chi connectivity index (χ2n) is 2.01. The third-order valence-electron chi connectivity index (χ3n) is 0.931. The van der Waals surface area contributed by atoms with Gasteiger partial charge in [-0.3, -0.25) is 4.79 Å². The molecule has 0 atom stereocenters. The van der Waals surface area contributed by atoms with Crippen LogP contribution >= 0.6 is 0 Å². The fourth-order valence-corrected chi connectivity index (χ4v) is 1.06. The predicted octanol–water partition coefficient (Wildman–Crippen LogP) is 0.307. The molecule has 0 aromatic rings. The van der Waals surface area contributed by atoms with E-state index < -0.39 is 15.8 Å². The Morgan fingerprint density at radius 1 is 1.50 bits per heavy atom. The zero-order valence-electron chi connectivity index (χ0n) is 5.63. The molecule has 0 radical (unpaired) electrons. The summed E-state index contributed by atoms with van der Waals surface area (Å²) in [6.07, 6.45) is -0.0910. The summed E-state index contributed by atoms with van der Waals surface area (Å²) in [4.78, 5) is 10.2. The Bertz CT molecular complexity index is 207. The van der Waals surface area contributed by atoms with E-state index in [0.29, 0.717) is 0 Å². The lowest BCUT2D eigenvalue weighted by Gasteiger charge is -1.94. The van der Waals surface area contributed by atoms with Gasteiger partial charge in [0.05, 0.1) is 5.75 Å². The van der Waals surface area contributed by atoms with E-state index in [2.05, 4.69) is 0 Å². The van der Waals surface area contributed by atoms with E-state index in [1.165, 1.54) is 6.92 Å². The number of sulfone groups is 1. The van der Waals surface area contributed by atoms with Crippen molar-refractivity contribution in [3.05, 3.63) is 0 Å². The number of rotatable bonds is 4. The second kappa shape index (κ2) is 3.65. The van der Waals surface area contributed by atoms with Gasteiger partial charge in [-0.05, 0) is 6.92 Å². The predicted molar refractivity (Wildman–Crippen MR) is 35.1 cm³/mol. The van der Waals surface area contributed by atoms with Gasteiger partial charge in [-0.15, -0.1) is 0 Å². The van der Waals surface area contributed by atoms with Crippen molar-refractivity contribution in [2.24, 2.45) is 0 Å². The van der Waals surface area contributed by atoms with E-state index in [1.807, 2.05) is 0 Å². The van der Waals surface area contributed by atoms with Crippen LogP contribution in [0.25, 0.3) is 0 Å². The minimum Gasteiger partial charge on any atom is -0.300 e. The molecule has 0 aliphatic heterocycles. The molecule has 0 rings (SSSR count). The highest BCUT2D eigenvalue weighted by molar-refractivity contribution is 7.91. The van der Waals surface area contributed by atoms with Gasteiger partial charge in [0.1, 0.15) is 5.78 Å². The molecule has 60 valence electrons. The molecule has 0 saturated heterocycles. The summed E-state index contributed by atoms with van der Waals surface area (Å²) in [5, 5.41) is 0. The highest BCUT2D eigenvalue weighted by atomic mass is 32.2. The first-order chi connectivity index (χ1) is 4.48. The molecule has 0 heterocycles. The summed E-state index contributed by atoms with van der Waals surface area (Å²) in [5.41, 5.74) is 0. The van der Waals surface area contributed by atoms with E-state index in [-0.39, 0.29) is 18.0 Å². The first kappa shape index (κ1) is 9.55. The smallest absolute Gasteiger partial charge is 0.190 e. The molecular formula is C5H9FO3S. The quantitative estimate of drug-likeness (QED) is 0.607. The van der Waals surface area contributed by atoms with Crippen LogP contribution in [0.5, 0.6) is 0 Å². The first-order valence-corrected chi connectivity index (χ1v) is 4.56. The van der Waals surface area contributed by atoms with Gasteiger partial charge >= 0.3 is 0 Å². The van der Waals surface area contributed by atoms with Gasteiger partial charge in [0.15, 0.2) is 15.8 Å². The molecule has 0 aromatic carbocycles. The molecule has 0 fully saturated rings. The molecule has 0 saturated carbocycles. The van der Waals surface area contributed by atoms with Crippen LogP contribution in [0, 0.1) is 0 Å². The molecule has 0 bridgehead atoms. The van der Waals surface area contributed by atoms with Gasteiger partial charge < -0.3 is 0 Å². The summed E-state index contributed by atoms with van der Waals surface area (Å²) in [5.74, 6) is -0.615. The Labute approximate surface area is 59.2 Å². The molecular weight excluding hydrogens is 159 g/mol. The minimum atomic E-state index is -3.60. The molecule has 0 aliphatic carbocycles. The highest BCUT2D eigenvalue weighted by Crippen LogP contribution is 1.94. The van der Waals surface area contributed by atoms with Gasteiger partial charge in [-0.1, -0.05) is 0 Å². The molecule has 0 amide bonds. The number of carbonyl (C=O) groups is 1. The van der Waals surface area contributed by atoms with Gasteiger partial charge in [-0.25, -0.2) is 12.8 Å². The number of Topliss-reactive ketones (excluding diaryl/α,β-unsaturated/α-hetero) is 1. The lowest BCUT2D eigenvalue weighted by atomic mass is 10.4. The largest absolute Gasteiger partial charge is 0.300 e. The first-order valence-electron chi connectivity index (χ1n) is 2.74. The van der Waals surface area contributed by atoms with Gasteiger partial charge in [0.2, 0.25) is 0 Å². The zero-order chi connectivity index (χ0) is 8.20. The van der Waals surface area contributed by atoms with Crippen LogP contribution < -0.4 is 0 Å². The number of hydrogen-bond acceptors (Lipinski definition) is 3. The summed E-state index contributed by atoms with van der Waals surface area (Å²) < 4.78 is 32.3. The van der Waals surface area contributed by atoms with Crippen molar-refractivity contribution in [2.45, 2.75) is 13.3 Å². The SMILES string of the molecule is CC(=O)CCS(=O)(=O)CF. The normalized spacial score (nSPS) is 11.4. The summed E-state index contributed by atoms with van der Waals surface area (Å²) >= 11 is 0. The summed E-state index contributed by atoms with van der Waals surface area (Å²) in [7, 11) is -3.60. The maximum absolute atomic E-state index is 11.5. The van der Waals surface area contributed by atoms with Crippen LogP contribution in [-0.2, 0) is 14.6 Å². The zero-order valence-corrected chi connectivity index (χ0v) is 6.45. The number of alkyl halides is 1. The number of ketones is 1. The third kappa shape index (κ3) is 4.43. The minimum absolute atomic E-state index is 0.0910.